The van der Waals surface area contributed by atoms with Crippen LogP contribution in [0.25, 0.3) is 22.3 Å². The molecule has 48 heavy (non-hydrogen) atoms. The van der Waals surface area contributed by atoms with Crippen LogP contribution in [0.4, 0.5) is 5.82 Å². The van der Waals surface area contributed by atoms with E-state index in [4.69, 9.17) is 19.7 Å². The SMILES string of the molecule is COC(=O)C(c1cc(OCCCCCCCCCCCN2CCC(n3nc(N)c4nnc(-c5ccccc5O)cc43)CC2)no1)C(C)C. The molecule has 1 unspecified atom stereocenters. The van der Waals surface area contributed by atoms with Gasteiger partial charge in [-0.3, -0.25) is 9.48 Å². The third-order valence-corrected chi connectivity index (χ3v) is 9.37. The highest BCUT2D eigenvalue weighted by molar-refractivity contribution is 5.87. The predicted molar refractivity (Wildman–Crippen MR) is 185 cm³/mol. The van der Waals surface area contributed by atoms with Crippen molar-refractivity contribution >= 4 is 22.8 Å². The summed E-state index contributed by atoms with van der Waals surface area (Å²) in [6, 6.07) is 11.1. The van der Waals surface area contributed by atoms with Gasteiger partial charge in [-0.1, -0.05) is 70.9 Å². The normalized spacial score (nSPS) is 14.9. The molecule has 0 radical (unpaired) electrons. The van der Waals surface area contributed by atoms with Crippen LogP contribution in [-0.2, 0) is 9.53 Å². The Labute approximate surface area is 283 Å². The number of esters is 1. The lowest BCUT2D eigenvalue weighted by Gasteiger charge is -2.32. The zero-order valence-corrected chi connectivity index (χ0v) is 28.6. The molecule has 0 bridgehead atoms. The molecular formula is C36H51N7O5. The molecule has 4 heterocycles. The van der Waals surface area contributed by atoms with Crippen molar-refractivity contribution < 1.29 is 23.9 Å². The zero-order valence-electron chi connectivity index (χ0n) is 28.6. The van der Waals surface area contributed by atoms with Crippen molar-refractivity contribution in [3.8, 4) is 22.9 Å². The molecule has 12 heteroatoms. The number of nitrogens with zero attached hydrogens (tertiary/aromatic N) is 6. The number of piperidine rings is 1. The minimum absolute atomic E-state index is 0.0448. The van der Waals surface area contributed by atoms with Crippen LogP contribution >= 0.6 is 0 Å². The minimum Gasteiger partial charge on any atom is -0.507 e. The number of phenolic OH excluding ortho intramolecular Hbond substituents is 1. The van der Waals surface area contributed by atoms with Crippen LogP contribution in [-0.4, -0.2) is 74.5 Å². The van der Waals surface area contributed by atoms with E-state index in [1.165, 1.54) is 52.1 Å². The number of nitrogen functional groups attached to an aromatic ring is 1. The summed E-state index contributed by atoms with van der Waals surface area (Å²) in [7, 11) is 1.38. The van der Waals surface area contributed by atoms with Crippen molar-refractivity contribution in [1.82, 2.24) is 30.0 Å². The van der Waals surface area contributed by atoms with Gasteiger partial charge in [-0.05, 0) is 61.5 Å². The number of carbonyl (C=O) groups excluding carboxylic acids is 1. The fraction of sp³-hybridized carbons (Fsp3) is 0.583. The number of benzene rings is 1. The molecule has 4 aromatic rings. The van der Waals surface area contributed by atoms with Crippen LogP contribution in [0, 0.1) is 5.92 Å². The highest BCUT2D eigenvalue weighted by atomic mass is 16.5. The van der Waals surface area contributed by atoms with Gasteiger partial charge in [0, 0.05) is 24.7 Å². The van der Waals surface area contributed by atoms with Gasteiger partial charge in [0.25, 0.3) is 5.88 Å². The third kappa shape index (κ3) is 9.03. The summed E-state index contributed by atoms with van der Waals surface area (Å²) in [5.74, 6) is 0.732. The highest BCUT2D eigenvalue weighted by Gasteiger charge is 2.29. The van der Waals surface area contributed by atoms with Crippen molar-refractivity contribution in [3.05, 3.63) is 42.2 Å². The van der Waals surface area contributed by atoms with E-state index >= 15 is 0 Å². The van der Waals surface area contributed by atoms with E-state index in [0.717, 1.165) is 50.8 Å². The van der Waals surface area contributed by atoms with Crippen LogP contribution in [0.1, 0.15) is 102 Å². The monoisotopic (exact) mass is 661 g/mol. The van der Waals surface area contributed by atoms with Crippen molar-refractivity contribution in [2.24, 2.45) is 5.92 Å². The number of para-hydroxylation sites is 1. The van der Waals surface area contributed by atoms with E-state index in [1.54, 1.807) is 18.2 Å². The first-order valence-corrected chi connectivity index (χ1v) is 17.5. The average molecular weight is 662 g/mol. The molecule has 0 saturated carbocycles. The smallest absolute Gasteiger partial charge is 0.316 e. The van der Waals surface area contributed by atoms with E-state index in [9.17, 15) is 9.90 Å². The summed E-state index contributed by atoms with van der Waals surface area (Å²) < 4.78 is 18.0. The van der Waals surface area contributed by atoms with Crippen molar-refractivity contribution in [2.75, 3.05) is 39.1 Å². The number of phenols is 1. The maximum absolute atomic E-state index is 12.0. The number of fused-ring (bicyclic) bond motifs is 1. The van der Waals surface area contributed by atoms with Crippen LogP contribution < -0.4 is 10.5 Å². The zero-order chi connectivity index (χ0) is 33.9. The topological polar surface area (TPSA) is 155 Å². The number of unbranched alkanes of at least 4 members (excludes halogenated alkanes) is 8. The van der Waals surface area contributed by atoms with E-state index in [0.29, 0.717) is 40.8 Å². The van der Waals surface area contributed by atoms with Crippen LogP contribution in [0.2, 0.25) is 0 Å². The summed E-state index contributed by atoms with van der Waals surface area (Å²) in [6.07, 6.45) is 13.0. The Hall–Kier alpha value is -4.19. The summed E-state index contributed by atoms with van der Waals surface area (Å²) >= 11 is 0. The average Bonchev–Trinajstić information content (AvgIpc) is 3.69. The summed E-state index contributed by atoms with van der Waals surface area (Å²) in [5.41, 5.74) is 8.95. The van der Waals surface area contributed by atoms with Gasteiger partial charge in [0.1, 0.15) is 11.7 Å². The number of carbonyl (C=O) groups is 1. The quantitative estimate of drug-likeness (QED) is 0.0844. The first-order valence-electron chi connectivity index (χ1n) is 17.5. The Balaban J connectivity index is 0.913. The second kappa shape index (κ2) is 17.3. The van der Waals surface area contributed by atoms with Crippen LogP contribution in [0.15, 0.2) is 40.9 Å². The van der Waals surface area contributed by atoms with Gasteiger partial charge in [0.15, 0.2) is 17.1 Å². The molecule has 260 valence electrons. The standard InChI is InChI=1S/C36H51N7O5/c1-25(2)33(36(45)46-3)31-24-32(41-48-31)47-22-14-10-8-6-4-5-7-9-13-19-42-20-17-26(18-21-42)43-29-23-28(27-15-11-12-16-30(27)44)38-39-34(29)35(37)40-43/h11-12,15-16,23-26,33,44H,4-10,13-14,17-22H2,1-3H3,(H2,37,40). The lowest BCUT2D eigenvalue weighted by Crippen LogP contribution is -2.35. The number of rotatable bonds is 18. The van der Waals surface area contributed by atoms with Crippen molar-refractivity contribution in [3.63, 3.8) is 0 Å². The molecule has 1 aliphatic rings. The van der Waals surface area contributed by atoms with Gasteiger partial charge >= 0.3 is 5.97 Å². The fourth-order valence-electron chi connectivity index (χ4n) is 6.63. The Kier molecular flexibility index (Phi) is 12.6. The first-order chi connectivity index (χ1) is 23.4. The molecule has 1 atom stereocenters. The minimum atomic E-state index is -0.474. The lowest BCUT2D eigenvalue weighted by atomic mass is 9.93. The number of ether oxygens (including phenoxy) is 2. The third-order valence-electron chi connectivity index (χ3n) is 9.37. The summed E-state index contributed by atoms with van der Waals surface area (Å²) in [6.45, 7) is 7.73. The maximum Gasteiger partial charge on any atom is 0.316 e. The Bertz CT molecular complexity index is 1590. The van der Waals surface area contributed by atoms with Crippen LogP contribution in [0.3, 0.4) is 0 Å². The largest absolute Gasteiger partial charge is 0.507 e. The lowest BCUT2D eigenvalue weighted by molar-refractivity contribution is -0.144. The fourth-order valence-corrected chi connectivity index (χ4v) is 6.63. The molecule has 3 aromatic heterocycles. The van der Waals surface area contributed by atoms with Crippen molar-refractivity contribution in [2.45, 2.75) is 96.4 Å². The van der Waals surface area contributed by atoms with Gasteiger partial charge in [0.2, 0.25) is 0 Å². The Morgan fingerprint density at radius 1 is 1.00 bits per heavy atom. The number of hydrogen-bond donors (Lipinski definition) is 2. The molecule has 0 aliphatic carbocycles. The number of likely N-dealkylation sites (tertiary alicyclic amines) is 1. The second-order valence-corrected chi connectivity index (χ2v) is 13.2. The molecule has 3 N–H and O–H groups in total. The number of hydrogen-bond acceptors (Lipinski definition) is 11. The molecule has 0 spiro atoms. The molecule has 0 amide bonds. The molecule has 1 fully saturated rings. The molecule has 12 nitrogen and oxygen atoms in total. The molecule has 1 aliphatic heterocycles. The van der Waals surface area contributed by atoms with Gasteiger partial charge in [-0.2, -0.15) is 5.10 Å². The highest BCUT2D eigenvalue weighted by Crippen LogP contribution is 2.33. The van der Waals surface area contributed by atoms with Gasteiger partial charge in [0.05, 0.1) is 31.0 Å². The van der Waals surface area contributed by atoms with E-state index in [2.05, 4.69) is 25.4 Å². The Morgan fingerprint density at radius 2 is 1.69 bits per heavy atom. The first kappa shape index (κ1) is 35.1. The molecule has 1 saturated heterocycles. The molecule has 1 aromatic carbocycles. The number of methoxy groups -OCH3 is 1. The number of aromatic nitrogens is 5. The molecular weight excluding hydrogens is 610 g/mol. The number of anilines is 1. The maximum atomic E-state index is 12.0. The van der Waals surface area contributed by atoms with Crippen LogP contribution in [0.5, 0.6) is 11.6 Å². The van der Waals surface area contributed by atoms with Crippen molar-refractivity contribution in [1.29, 1.82) is 0 Å². The van der Waals surface area contributed by atoms with E-state index in [-0.39, 0.29) is 23.7 Å². The molecule has 5 rings (SSSR count). The van der Waals surface area contributed by atoms with Gasteiger partial charge in [-0.25, -0.2) is 0 Å². The van der Waals surface area contributed by atoms with Gasteiger partial charge in [-0.15, -0.1) is 10.2 Å². The summed E-state index contributed by atoms with van der Waals surface area (Å²) in [4.78, 5) is 14.6. The number of nitrogens with two attached hydrogens (primary N) is 1. The Morgan fingerprint density at radius 3 is 2.38 bits per heavy atom. The van der Waals surface area contributed by atoms with E-state index < -0.39 is 5.92 Å². The summed E-state index contributed by atoms with van der Waals surface area (Å²) in [5, 5.41) is 27.6. The predicted octanol–water partition coefficient (Wildman–Crippen LogP) is 6.91. The number of aromatic hydroxyl groups is 1. The second-order valence-electron chi connectivity index (χ2n) is 13.2. The van der Waals surface area contributed by atoms with E-state index in [1.807, 2.05) is 36.7 Å². The van der Waals surface area contributed by atoms with Gasteiger partial charge < -0.3 is 29.7 Å².